The van der Waals surface area contributed by atoms with Gasteiger partial charge in [-0.25, -0.2) is 18.3 Å². The van der Waals surface area contributed by atoms with Crippen LogP contribution in [0.2, 0.25) is 10.0 Å². The molecule has 3 aromatic heterocycles. The fraction of sp³-hybridized carbons (Fsp3) is 0.0435. The van der Waals surface area contributed by atoms with Gasteiger partial charge in [0.25, 0.3) is 11.1 Å². The van der Waals surface area contributed by atoms with Crippen molar-refractivity contribution in [2.45, 2.75) is 6.54 Å². The molecule has 0 atom stereocenters. The van der Waals surface area contributed by atoms with Crippen LogP contribution in [0.5, 0.6) is 0 Å². The number of nitrogens with zero attached hydrogens (tertiary/aromatic N) is 6. The van der Waals surface area contributed by atoms with E-state index in [0.717, 1.165) is 16.8 Å². The number of halogens is 4. The molecule has 0 aliphatic carbocycles. The van der Waals surface area contributed by atoms with Gasteiger partial charge in [-0.1, -0.05) is 35.8 Å². The largest absolute Gasteiger partial charge is 0.365 e. The highest BCUT2D eigenvalue weighted by Crippen LogP contribution is 2.33. The smallest absolute Gasteiger partial charge is 0.354 e. The van der Waals surface area contributed by atoms with E-state index in [2.05, 4.69) is 15.0 Å². The van der Waals surface area contributed by atoms with Gasteiger partial charge < -0.3 is 9.41 Å². The Kier molecular flexibility index (Phi) is 5.94. The quantitative estimate of drug-likeness (QED) is 0.349. The molecule has 0 bridgehead atoms. The molecule has 0 saturated heterocycles. The van der Waals surface area contributed by atoms with Crippen molar-refractivity contribution in [1.82, 2.24) is 29.1 Å². The third-order valence-corrected chi connectivity index (χ3v) is 6.02. The van der Waals surface area contributed by atoms with Gasteiger partial charge in [0.1, 0.15) is 17.3 Å². The Hall–Kier alpha value is -4.60. The van der Waals surface area contributed by atoms with Crippen molar-refractivity contribution in [3.8, 4) is 11.4 Å². The lowest BCUT2D eigenvalue weighted by Crippen LogP contribution is -2.30. The number of pyridine rings is 1. The van der Waals surface area contributed by atoms with Crippen molar-refractivity contribution in [1.29, 1.82) is 0 Å². The molecule has 0 aliphatic rings. The lowest BCUT2D eigenvalue weighted by Gasteiger charge is -2.12. The minimum Gasteiger partial charge on any atom is -0.354 e. The molecule has 0 spiro atoms. The molecule has 0 radical (unpaired) electrons. The second-order valence-corrected chi connectivity index (χ2v) is 8.50. The highest BCUT2D eigenvalue weighted by molar-refractivity contribution is 6.38. The van der Waals surface area contributed by atoms with E-state index in [4.69, 9.17) is 29.8 Å². The van der Waals surface area contributed by atoms with Crippen LogP contribution in [0.3, 0.4) is 0 Å². The second kappa shape index (κ2) is 9.12. The molecular weight excluding hydrogens is 531 g/mol. The monoisotopic (exact) mass is 541 g/mol. The summed E-state index contributed by atoms with van der Waals surface area (Å²) in [5.41, 5.74) is -1.18. The molecule has 0 aliphatic heterocycles. The Morgan fingerprint density at radius 2 is 1.70 bits per heavy atom. The lowest BCUT2D eigenvalue weighted by atomic mass is 10.2. The molecule has 2 aromatic carbocycles. The SMILES string of the molecule is [C-]#[N+]c1nn(-c2cc(Cl)c(-n3ncc4c3ccc(=O)n4Cc3ccc(F)cc3F)c(Cl)c2)c(=O)[nH]c1=O. The molecule has 0 amide bonds. The number of fused-ring (bicyclic) bond motifs is 1. The first-order valence-electron chi connectivity index (χ1n) is 10.3. The average molecular weight is 542 g/mol. The van der Waals surface area contributed by atoms with Crippen molar-refractivity contribution >= 4 is 40.1 Å². The summed E-state index contributed by atoms with van der Waals surface area (Å²) in [6, 6.07) is 8.49. The maximum atomic E-state index is 14.2. The number of rotatable bonds is 4. The molecule has 1 N–H and O–H groups in total. The summed E-state index contributed by atoms with van der Waals surface area (Å²) in [6.07, 6.45) is 1.37. The Morgan fingerprint density at radius 3 is 2.38 bits per heavy atom. The van der Waals surface area contributed by atoms with E-state index in [9.17, 15) is 23.2 Å². The first-order chi connectivity index (χ1) is 17.7. The van der Waals surface area contributed by atoms with E-state index in [-0.39, 0.29) is 33.5 Å². The number of aromatic nitrogens is 6. The number of H-pyrrole nitrogens is 1. The molecule has 3 heterocycles. The first kappa shape index (κ1) is 24.1. The molecule has 14 heteroatoms. The maximum Gasteiger partial charge on any atom is 0.365 e. The molecule has 184 valence electrons. The molecule has 5 rings (SSSR count). The summed E-state index contributed by atoms with van der Waals surface area (Å²) in [5.74, 6) is -2.09. The van der Waals surface area contributed by atoms with Crippen LogP contribution < -0.4 is 16.8 Å². The number of aromatic amines is 1. The summed E-state index contributed by atoms with van der Waals surface area (Å²) >= 11 is 13.0. The van der Waals surface area contributed by atoms with Crippen LogP contribution >= 0.6 is 23.2 Å². The Bertz CT molecular complexity index is 1930. The Morgan fingerprint density at radius 1 is 0.973 bits per heavy atom. The number of nitrogens with one attached hydrogen (secondary N) is 1. The van der Waals surface area contributed by atoms with Crippen LogP contribution in [0, 0.1) is 18.2 Å². The molecular formula is C23H11Cl2F2N7O3. The van der Waals surface area contributed by atoms with Crippen molar-refractivity contribution < 1.29 is 8.78 Å². The minimum absolute atomic E-state index is 0.0269. The predicted molar refractivity (Wildman–Crippen MR) is 131 cm³/mol. The molecule has 0 saturated carbocycles. The van der Waals surface area contributed by atoms with E-state index in [1.807, 2.05) is 4.98 Å². The lowest BCUT2D eigenvalue weighted by molar-refractivity contribution is 0.566. The minimum atomic E-state index is -0.931. The van der Waals surface area contributed by atoms with Crippen molar-refractivity contribution in [2.75, 3.05) is 0 Å². The zero-order valence-corrected chi connectivity index (χ0v) is 19.8. The van der Waals surface area contributed by atoms with Crippen LogP contribution in [0.15, 0.2) is 63.0 Å². The Labute approximate surface area is 214 Å². The number of hydrogen-bond acceptors (Lipinski definition) is 5. The van der Waals surface area contributed by atoms with Crippen LogP contribution in [0.4, 0.5) is 14.6 Å². The zero-order chi connectivity index (χ0) is 26.4. The van der Waals surface area contributed by atoms with Gasteiger partial charge in [0.2, 0.25) is 0 Å². The van der Waals surface area contributed by atoms with Crippen LogP contribution in [-0.4, -0.2) is 29.1 Å². The average Bonchev–Trinajstić information content (AvgIpc) is 3.25. The first-order valence-corrected chi connectivity index (χ1v) is 11.1. The van der Waals surface area contributed by atoms with E-state index in [1.54, 1.807) is 0 Å². The van der Waals surface area contributed by atoms with Gasteiger partial charge in [-0.2, -0.15) is 5.10 Å². The topological polar surface area (TPSA) is 112 Å². The zero-order valence-electron chi connectivity index (χ0n) is 18.2. The van der Waals surface area contributed by atoms with Crippen molar-refractivity contribution in [3.05, 3.63) is 119 Å². The fourth-order valence-electron chi connectivity index (χ4n) is 3.75. The van der Waals surface area contributed by atoms with Crippen LogP contribution in [-0.2, 0) is 6.54 Å². The van der Waals surface area contributed by atoms with Crippen LogP contribution in [0.25, 0.3) is 27.3 Å². The third kappa shape index (κ3) is 4.20. The van der Waals surface area contributed by atoms with Gasteiger partial charge >= 0.3 is 11.5 Å². The summed E-state index contributed by atoms with van der Waals surface area (Å²) < 4.78 is 30.9. The molecule has 5 aromatic rings. The van der Waals surface area contributed by atoms with Crippen molar-refractivity contribution in [3.63, 3.8) is 0 Å². The van der Waals surface area contributed by atoms with E-state index < -0.39 is 34.3 Å². The van der Waals surface area contributed by atoms with Crippen molar-refractivity contribution in [2.24, 2.45) is 0 Å². The van der Waals surface area contributed by atoms with E-state index in [1.165, 1.54) is 45.8 Å². The molecule has 0 fully saturated rings. The highest BCUT2D eigenvalue weighted by atomic mass is 35.5. The standard InChI is InChI=1S/C23H11Cl2F2N7O3/c1-28-21-22(36)30-23(37)33(31-21)13-7-14(24)20(15(25)8-13)34-17-4-5-19(35)32(18(17)9-29-34)10-11-2-3-12(26)6-16(11)27/h2-9H,10H2,(H,30,36,37). The van der Waals surface area contributed by atoms with Crippen LogP contribution in [0.1, 0.15) is 5.56 Å². The maximum absolute atomic E-state index is 14.2. The molecule has 10 nitrogen and oxygen atoms in total. The van der Waals surface area contributed by atoms with Gasteiger partial charge in [-0.05, 0) is 29.4 Å². The fourth-order valence-corrected chi connectivity index (χ4v) is 4.39. The van der Waals surface area contributed by atoms with E-state index >= 15 is 0 Å². The predicted octanol–water partition coefficient (Wildman–Crippen LogP) is 3.61. The number of benzene rings is 2. The summed E-state index contributed by atoms with van der Waals surface area (Å²) in [6.45, 7) is 6.85. The normalized spacial score (nSPS) is 11.1. The van der Waals surface area contributed by atoms with Gasteiger partial charge in [-0.15, -0.1) is 4.68 Å². The molecule has 0 unspecified atom stereocenters. The molecule has 37 heavy (non-hydrogen) atoms. The second-order valence-electron chi connectivity index (χ2n) is 7.68. The summed E-state index contributed by atoms with van der Waals surface area (Å²) in [5, 5.41) is 8.08. The number of hydrogen-bond donors (Lipinski definition) is 1. The van der Waals surface area contributed by atoms with Gasteiger partial charge in [-0.3, -0.25) is 14.6 Å². The summed E-state index contributed by atoms with van der Waals surface area (Å²) in [7, 11) is 0. The van der Waals surface area contributed by atoms with Gasteiger partial charge in [0.05, 0.1) is 39.5 Å². The van der Waals surface area contributed by atoms with Gasteiger partial charge in [0, 0.05) is 17.7 Å². The highest BCUT2D eigenvalue weighted by Gasteiger charge is 2.19. The third-order valence-electron chi connectivity index (χ3n) is 5.44. The summed E-state index contributed by atoms with van der Waals surface area (Å²) in [4.78, 5) is 41.5. The van der Waals surface area contributed by atoms with Gasteiger partial charge in [0.15, 0.2) is 0 Å². The Balaban J connectivity index is 1.63. The van der Waals surface area contributed by atoms with E-state index in [0.29, 0.717) is 11.0 Å².